The molecule has 3 fully saturated rings. The average Bonchev–Trinajstić information content (AvgIpc) is 3.23. The SMILES string of the molecule is CCCCCCCOC(=O)S[C@H]1CC[C@@]2(C)C(=CC[C@@H]3[C@H]4CC[C@@H]([C@@H](C)CCCC(C)C)[C@@]4(C)CC[C@H]32)C1. The van der Waals surface area contributed by atoms with Crippen LogP contribution >= 0.6 is 11.8 Å². The maximum Gasteiger partial charge on any atom is 0.367 e. The quantitative estimate of drug-likeness (QED) is 0.139. The first-order chi connectivity index (χ1) is 18.2. The molecule has 0 radical (unpaired) electrons. The van der Waals surface area contributed by atoms with Gasteiger partial charge in [0.1, 0.15) is 0 Å². The Morgan fingerprint density at radius 1 is 0.974 bits per heavy atom. The molecule has 3 saturated carbocycles. The summed E-state index contributed by atoms with van der Waals surface area (Å²) < 4.78 is 5.60. The molecule has 0 aromatic carbocycles. The van der Waals surface area contributed by atoms with E-state index < -0.39 is 0 Å². The van der Waals surface area contributed by atoms with Crippen molar-refractivity contribution >= 4 is 17.1 Å². The molecule has 4 rings (SSSR count). The third-order valence-corrected chi connectivity index (χ3v) is 13.0. The van der Waals surface area contributed by atoms with Gasteiger partial charge in [-0.2, -0.15) is 0 Å². The number of thioether (sulfide) groups is 1. The van der Waals surface area contributed by atoms with Crippen molar-refractivity contribution < 1.29 is 9.53 Å². The first-order valence-electron chi connectivity index (χ1n) is 16.7. The molecule has 0 amide bonds. The zero-order valence-corrected chi connectivity index (χ0v) is 26.7. The molecule has 0 N–H and O–H groups in total. The van der Waals surface area contributed by atoms with Crippen LogP contribution in [0, 0.1) is 46.3 Å². The highest BCUT2D eigenvalue weighted by molar-refractivity contribution is 8.13. The summed E-state index contributed by atoms with van der Waals surface area (Å²) in [6.45, 7) is 15.5. The van der Waals surface area contributed by atoms with Gasteiger partial charge in [-0.25, -0.2) is 4.79 Å². The van der Waals surface area contributed by atoms with Gasteiger partial charge in [-0.05, 0) is 116 Å². The Balaban J connectivity index is 1.31. The zero-order chi connectivity index (χ0) is 27.3. The second-order valence-corrected chi connectivity index (χ2v) is 16.0. The van der Waals surface area contributed by atoms with Crippen LogP contribution in [0.4, 0.5) is 4.79 Å². The molecule has 0 aromatic heterocycles. The van der Waals surface area contributed by atoms with Crippen LogP contribution in [-0.2, 0) is 4.74 Å². The van der Waals surface area contributed by atoms with Crippen molar-refractivity contribution in [2.75, 3.05) is 6.61 Å². The molecule has 0 aliphatic heterocycles. The molecular weight excluding hydrogens is 484 g/mol. The fourth-order valence-corrected chi connectivity index (χ4v) is 10.7. The lowest BCUT2D eigenvalue weighted by Crippen LogP contribution is -2.50. The molecule has 3 heteroatoms. The second-order valence-electron chi connectivity index (χ2n) is 14.8. The number of allylic oxidation sites excluding steroid dienone is 2. The van der Waals surface area contributed by atoms with Crippen LogP contribution in [-0.4, -0.2) is 17.2 Å². The molecule has 0 heterocycles. The van der Waals surface area contributed by atoms with Gasteiger partial charge >= 0.3 is 5.30 Å². The van der Waals surface area contributed by atoms with E-state index >= 15 is 0 Å². The number of carbonyl (C=O) groups is 1. The van der Waals surface area contributed by atoms with Crippen molar-refractivity contribution in [1.29, 1.82) is 0 Å². The highest BCUT2D eigenvalue weighted by Gasteiger charge is 2.59. The number of unbranched alkanes of at least 4 members (excludes halogenated alkanes) is 4. The van der Waals surface area contributed by atoms with E-state index in [9.17, 15) is 4.79 Å². The minimum atomic E-state index is -0.0312. The van der Waals surface area contributed by atoms with Gasteiger partial charge in [0.05, 0.1) is 6.61 Å². The fourth-order valence-electron chi connectivity index (χ4n) is 9.78. The van der Waals surface area contributed by atoms with Crippen LogP contribution in [0.1, 0.15) is 144 Å². The summed E-state index contributed by atoms with van der Waals surface area (Å²) in [5, 5.41) is 0.381. The summed E-state index contributed by atoms with van der Waals surface area (Å²) in [6, 6.07) is 0. The van der Waals surface area contributed by atoms with Crippen molar-refractivity contribution in [3.63, 3.8) is 0 Å². The molecule has 4 aliphatic carbocycles. The number of carbonyl (C=O) groups excluding carboxylic acids is 1. The predicted molar refractivity (Wildman–Crippen MR) is 165 cm³/mol. The first kappa shape index (κ1) is 30.5. The van der Waals surface area contributed by atoms with Gasteiger partial charge in [0.25, 0.3) is 0 Å². The van der Waals surface area contributed by atoms with Gasteiger partial charge in [0, 0.05) is 5.25 Å². The number of ether oxygens (including phenoxy) is 1. The normalized spacial score (nSPS) is 37.2. The summed E-state index contributed by atoms with van der Waals surface area (Å²) in [5.41, 5.74) is 2.62. The van der Waals surface area contributed by atoms with Crippen LogP contribution < -0.4 is 0 Å². The molecule has 2 nitrogen and oxygen atoms in total. The van der Waals surface area contributed by atoms with E-state index in [0.29, 0.717) is 22.7 Å². The second kappa shape index (κ2) is 13.5. The predicted octanol–water partition coefficient (Wildman–Crippen LogP) is 11.2. The lowest BCUT2D eigenvalue weighted by Gasteiger charge is -2.58. The van der Waals surface area contributed by atoms with Gasteiger partial charge in [-0.3, -0.25) is 0 Å². The smallest absolute Gasteiger partial charge is 0.367 e. The Labute approximate surface area is 240 Å². The maximum atomic E-state index is 12.5. The fraction of sp³-hybridized carbons (Fsp3) is 0.914. The van der Waals surface area contributed by atoms with E-state index in [1.807, 2.05) is 0 Å². The Morgan fingerprint density at radius 3 is 2.53 bits per heavy atom. The Hall–Kier alpha value is -0.440. The van der Waals surface area contributed by atoms with Crippen LogP contribution in [0.15, 0.2) is 11.6 Å². The minimum Gasteiger partial charge on any atom is -0.458 e. The molecule has 8 atom stereocenters. The standard InChI is InChI=1S/C35H60O2S/c1-7-8-9-10-11-23-37-33(36)38-28-19-21-34(5)27(24-28)15-16-29-31-18-17-30(26(4)14-12-13-25(2)3)35(31,6)22-20-32(29)34/h15,25-26,28-32H,7-14,16-24H2,1-6H3/t26-,28-,29+,30-,31+,32+,34-,35+/m0/s1. The monoisotopic (exact) mass is 544 g/mol. The summed E-state index contributed by atoms with van der Waals surface area (Å²) in [6.07, 6.45) is 23.6. The third kappa shape index (κ3) is 6.71. The van der Waals surface area contributed by atoms with E-state index in [1.54, 1.807) is 5.57 Å². The first-order valence-corrected chi connectivity index (χ1v) is 17.6. The molecule has 38 heavy (non-hydrogen) atoms. The molecule has 0 saturated heterocycles. The highest BCUT2D eigenvalue weighted by Crippen LogP contribution is 2.67. The van der Waals surface area contributed by atoms with E-state index in [0.717, 1.165) is 48.3 Å². The average molecular weight is 545 g/mol. The summed E-state index contributed by atoms with van der Waals surface area (Å²) in [5.74, 6) is 5.33. The highest BCUT2D eigenvalue weighted by atomic mass is 32.2. The molecular formula is C35H60O2S. The summed E-state index contributed by atoms with van der Waals surface area (Å²) in [7, 11) is 0. The largest absolute Gasteiger partial charge is 0.458 e. The number of hydrogen-bond donors (Lipinski definition) is 0. The van der Waals surface area contributed by atoms with Crippen LogP contribution in [0.3, 0.4) is 0 Å². The van der Waals surface area contributed by atoms with Gasteiger partial charge in [0.2, 0.25) is 0 Å². The van der Waals surface area contributed by atoms with E-state index in [4.69, 9.17) is 4.74 Å². The lowest BCUT2D eigenvalue weighted by atomic mass is 9.47. The molecule has 0 spiro atoms. The van der Waals surface area contributed by atoms with Gasteiger partial charge in [-0.1, -0.05) is 98.1 Å². The van der Waals surface area contributed by atoms with Gasteiger partial charge in [0.15, 0.2) is 0 Å². The number of fused-ring (bicyclic) bond motifs is 5. The minimum absolute atomic E-state index is 0.0312. The third-order valence-electron chi connectivity index (χ3n) is 12.0. The van der Waals surface area contributed by atoms with Crippen molar-refractivity contribution in [2.24, 2.45) is 46.3 Å². The van der Waals surface area contributed by atoms with Crippen LogP contribution in [0.2, 0.25) is 0 Å². The Kier molecular flexibility index (Phi) is 10.8. The number of rotatable bonds is 12. The van der Waals surface area contributed by atoms with Crippen molar-refractivity contribution in [3.05, 3.63) is 11.6 Å². The van der Waals surface area contributed by atoms with Gasteiger partial charge < -0.3 is 4.74 Å². The van der Waals surface area contributed by atoms with Crippen LogP contribution in [0.5, 0.6) is 0 Å². The summed E-state index contributed by atoms with van der Waals surface area (Å²) >= 11 is 1.50. The van der Waals surface area contributed by atoms with Crippen molar-refractivity contribution in [3.8, 4) is 0 Å². The lowest BCUT2D eigenvalue weighted by molar-refractivity contribution is -0.0497. The van der Waals surface area contributed by atoms with E-state index in [-0.39, 0.29) is 5.30 Å². The molecule has 0 bridgehead atoms. The van der Waals surface area contributed by atoms with Crippen molar-refractivity contribution in [1.82, 2.24) is 0 Å². The molecule has 218 valence electrons. The molecule has 0 unspecified atom stereocenters. The van der Waals surface area contributed by atoms with Gasteiger partial charge in [-0.15, -0.1) is 0 Å². The van der Waals surface area contributed by atoms with E-state index in [2.05, 4.69) is 47.6 Å². The maximum absolute atomic E-state index is 12.5. The van der Waals surface area contributed by atoms with Crippen LogP contribution in [0.25, 0.3) is 0 Å². The Morgan fingerprint density at radius 2 is 1.76 bits per heavy atom. The summed E-state index contributed by atoms with van der Waals surface area (Å²) in [4.78, 5) is 12.5. The molecule has 0 aromatic rings. The Bertz CT molecular complexity index is 804. The van der Waals surface area contributed by atoms with E-state index in [1.165, 1.54) is 102 Å². The molecule has 4 aliphatic rings. The van der Waals surface area contributed by atoms with Crippen molar-refractivity contribution in [2.45, 2.75) is 150 Å². The number of hydrogen-bond acceptors (Lipinski definition) is 3. The topological polar surface area (TPSA) is 26.3 Å². The zero-order valence-electron chi connectivity index (χ0n) is 25.9.